The second-order valence-corrected chi connectivity index (χ2v) is 7.54. The Morgan fingerprint density at radius 2 is 1.87 bits per heavy atom. The van der Waals surface area contributed by atoms with E-state index in [1.54, 1.807) is 44.7 Å². The molecule has 10 nitrogen and oxygen atoms in total. The molecule has 0 saturated carbocycles. The molecule has 1 aromatic carbocycles. The summed E-state index contributed by atoms with van der Waals surface area (Å²) in [6, 6.07) is 4.02. The van der Waals surface area contributed by atoms with Crippen LogP contribution < -0.4 is 14.2 Å². The van der Waals surface area contributed by atoms with Gasteiger partial charge in [0.05, 0.1) is 34.1 Å². The maximum Gasteiger partial charge on any atom is 0.224 e. The number of benzene rings is 1. The fraction of sp³-hybridized carbons (Fsp3) is 0.476. The summed E-state index contributed by atoms with van der Waals surface area (Å²) in [5.74, 6) is 2.90. The number of tetrazole rings is 1. The molecule has 164 valence electrons. The van der Waals surface area contributed by atoms with Crippen LogP contribution in [0.5, 0.6) is 17.2 Å². The number of piperidine rings is 1. The zero-order valence-electron chi connectivity index (χ0n) is 18.1. The van der Waals surface area contributed by atoms with Crippen molar-refractivity contribution in [1.29, 1.82) is 0 Å². The van der Waals surface area contributed by atoms with Crippen LogP contribution in [0.4, 0.5) is 0 Å². The van der Waals surface area contributed by atoms with Crippen LogP contribution in [0.25, 0.3) is 11.5 Å². The van der Waals surface area contributed by atoms with Gasteiger partial charge in [-0.1, -0.05) is 0 Å². The number of ether oxygens (including phenoxy) is 3. The number of nitrogens with zero attached hydrogens (tertiary/aromatic N) is 7. The Morgan fingerprint density at radius 3 is 2.55 bits per heavy atom. The molecule has 0 unspecified atom stereocenters. The minimum Gasteiger partial charge on any atom is -0.493 e. The normalized spacial score (nSPS) is 16.8. The molecule has 3 heterocycles. The molecule has 1 aliphatic rings. The first-order valence-electron chi connectivity index (χ1n) is 10.3. The summed E-state index contributed by atoms with van der Waals surface area (Å²) in [4.78, 5) is 12.4. The van der Waals surface area contributed by atoms with Gasteiger partial charge < -0.3 is 14.2 Å². The predicted molar refractivity (Wildman–Crippen MR) is 113 cm³/mol. The van der Waals surface area contributed by atoms with Gasteiger partial charge in [0.1, 0.15) is 5.69 Å². The molecule has 3 aromatic rings. The van der Waals surface area contributed by atoms with Crippen molar-refractivity contribution in [2.45, 2.75) is 25.9 Å². The summed E-state index contributed by atoms with van der Waals surface area (Å²) in [6.07, 6.45) is 7.15. The summed E-state index contributed by atoms with van der Waals surface area (Å²) in [6.45, 7) is 3.53. The number of hydrogen-bond acceptors (Lipinski definition) is 9. The van der Waals surface area contributed by atoms with Crippen molar-refractivity contribution in [2.75, 3.05) is 34.4 Å². The molecular weight excluding hydrogens is 398 g/mol. The first-order valence-corrected chi connectivity index (χ1v) is 10.3. The van der Waals surface area contributed by atoms with Crippen molar-refractivity contribution in [1.82, 2.24) is 35.1 Å². The van der Waals surface area contributed by atoms with Crippen LogP contribution in [0.2, 0.25) is 0 Å². The molecule has 1 saturated heterocycles. The van der Waals surface area contributed by atoms with Crippen LogP contribution in [0.1, 0.15) is 18.4 Å². The van der Waals surface area contributed by atoms with Crippen molar-refractivity contribution < 1.29 is 14.2 Å². The van der Waals surface area contributed by atoms with Gasteiger partial charge in [-0.15, -0.1) is 10.2 Å². The van der Waals surface area contributed by atoms with E-state index in [1.807, 2.05) is 12.1 Å². The Morgan fingerprint density at radius 1 is 1.06 bits per heavy atom. The molecular formula is C21H27N7O3. The summed E-state index contributed by atoms with van der Waals surface area (Å²) in [7, 11) is 4.89. The molecule has 4 rings (SSSR count). The predicted octanol–water partition coefficient (Wildman–Crippen LogP) is 2.07. The highest BCUT2D eigenvalue weighted by Gasteiger charge is 2.23. The average molecular weight is 425 g/mol. The highest BCUT2D eigenvalue weighted by atomic mass is 16.5. The standard InChI is InChI=1S/C21H27N7O3/c1-29-18-9-16(10-19(30-2)20(18)31-3)13-27-8-4-5-15(12-27)14-28-25-21(24-26-28)17-11-22-6-7-23-17/h6-7,9-11,15H,4-5,8,12-14H2,1-3H3/t15-/m1/s1. The van der Waals surface area contributed by atoms with Gasteiger partial charge in [-0.2, -0.15) is 4.80 Å². The summed E-state index contributed by atoms with van der Waals surface area (Å²) >= 11 is 0. The van der Waals surface area contributed by atoms with Crippen molar-refractivity contribution in [2.24, 2.45) is 5.92 Å². The van der Waals surface area contributed by atoms with Crippen LogP contribution in [0.15, 0.2) is 30.7 Å². The third-order valence-corrected chi connectivity index (χ3v) is 5.40. The lowest BCUT2D eigenvalue weighted by molar-refractivity contribution is 0.149. The number of aromatic nitrogens is 6. The topological polar surface area (TPSA) is 100 Å². The van der Waals surface area contributed by atoms with E-state index in [2.05, 4.69) is 30.3 Å². The second-order valence-electron chi connectivity index (χ2n) is 7.54. The number of methoxy groups -OCH3 is 3. The van der Waals surface area contributed by atoms with Crippen LogP contribution in [0, 0.1) is 5.92 Å². The fourth-order valence-electron chi connectivity index (χ4n) is 4.00. The van der Waals surface area contributed by atoms with Gasteiger partial charge in [0.25, 0.3) is 0 Å². The Labute approximate surface area is 181 Å². The van der Waals surface area contributed by atoms with Gasteiger partial charge in [-0.3, -0.25) is 9.88 Å². The minimum absolute atomic E-state index is 0.444. The first-order chi connectivity index (χ1) is 15.2. The van der Waals surface area contributed by atoms with E-state index >= 15 is 0 Å². The molecule has 1 aliphatic heterocycles. The van der Waals surface area contributed by atoms with Gasteiger partial charge in [-0.25, -0.2) is 4.98 Å². The molecule has 0 radical (unpaired) electrons. The van der Waals surface area contributed by atoms with E-state index < -0.39 is 0 Å². The summed E-state index contributed by atoms with van der Waals surface area (Å²) in [5, 5.41) is 12.8. The van der Waals surface area contributed by atoms with Crippen molar-refractivity contribution >= 4 is 0 Å². The number of likely N-dealkylation sites (tertiary alicyclic amines) is 1. The second kappa shape index (κ2) is 9.69. The van der Waals surface area contributed by atoms with Crippen molar-refractivity contribution in [3.8, 4) is 28.8 Å². The van der Waals surface area contributed by atoms with Crippen LogP contribution in [0.3, 0.4) is 0 Å². The molecule has 0 N–H and O–H groups in total. The maximum atomic E-state index is 5.49. The Bertz CT molecular complexity index is 971. The summed E-state index contributed by atoms with van der Waals surface area (Å²) in [5.41, 5.74) is 1.75. The van der Waals surface area contributed by atoms with E-state index in [-0.39, 0.29) is 0 Å². The zero-order chi connectivity index (χ0) is 21.6. The highest BCUT2D eigenvalue weighted by Crippen LogP contribution is 2.38. The van der Waals surface area contributed by atoms with Gasteiger partial charge in [0.2, 0.25) is 11.6 Å². The van der Waals surface area contributed by atoms with Crippen LogP contribution in [-0.4, -0.2) is 69.5 Å². The molecule has 0 spiro atoms. The van der Waals surface area contributed by atoms with E-state index in [9.17, 15) is 0 Å². The van der Waals surface area contributed by atoms with Crippen molar-refractivity contribution in [3.05, 3.63) is 36.3 Å². The highest BCUT2D eigenvalue weighted by molar-refractivity contribution is 5.53. The molecule has 1 atom stereocenters. The molecule has 0 bridgehead atoms. The Kier molecular flexibility index (Phi) is 6.56. The Balaban J connectivity index is 1.41. The van der Waals surface area contributed by atoms with Gasteiger partial charge in [0, 0.05) is 25.5 Å². The molecule has 10 heteroatoms. The maximum absolute atomic E-state index is 5.49. The van der Waals surface area contributed by atoms with Gasteiger partial charge in [-0.05, 0) is 48.2 Å². The largest absolute Gasteiger partial charge is 0.493 e. The lowest BCUT2D eigenvalue weighted by atomic mass is 9.97. The lowest BCUT2D eigenvalue weighted by Gasteiger charge is -2.32. The number of hydrogen-bond donors (Lipinski definition) is 0. The van der Waals surface area contributed by atoms with Crippen molar-refractivity contribution in [3.63, 3.8) is 0 Å². The number of rotatable bonds is 8. The van der Waals surface area contributed by atoms with E-state index in [4.69, 9.17) is 14.2 Å². The fourth-order valence-corrected chi connectivity index (χ4v) is 4.00. The Hall–Kier alpha value is -3.27. The van der Waals surface area contributed by atoms with E-state index in [0.717, 1.165) is 44.6 Å². The lowest BCUT2D eigenvalue weighted by Crippen LogP contribution is -2.36. The van der Waals surface area contributed by atoms with Gasteiger partial charge >= 0.3 is 0 Å². The monoisotopic (exact) mass is 425 g/mol. The smallest absolute Gasteiger partial charge is 0.224 e. The van der Waals surface area contributed by atoms with Crippen LogP contribution in [-0.2, 0) is 13.1 Å². The third kappa shape index (κ3) is 4.91. The molecule has 31 heavy (non-hydrogen) atoms. The molecule has 2 aromatic heterocycles. The van der Waals surface area contributed by atoms with E-state index in [1.165, 1.54) is 0 Å². The first kappa shape index (κ1) is 21.0. The van der Waals surface area contributed by atoms with Crippen LogP contribution >= 0.6 is 0 Å². The van der Waals surface area contributed by atoms with Gasteiger partial charge in [0.15, 0.2) is 11.5 Å². The molecule has 0 amide bonds. The SMILES string of the molecule is COc1cc(CN2CCC[C@@H](Cn3nnc(-c4cnccn4)n3)C2)cc(OC)c1OC. The minimum atomic E-state index is 0.444. The summed E-state index contributed by atoms with van der Waals surface area (Å²) < 4.78 is 16.4. The molecule has 1 fully saturated rings. The third-order valence-electron chi connectivity index (χ3n) is 5.40. The zero-order valence-corrected chi connectivity index (χ0v) is 18.1. The van der Waals surface area contributed by atoms with E-state index in [0.29, 0.717) is 34.7 Å². The quantitative estimate of drug-likeness (QED) is 0.537. The average Bonchev–Trinajstić information content (AvgIpc) is 3.27. The molecule has 0 aliphatic carbocycles.